The van der Waals surface area contributed by atoms with Crippen molar-refractivity contribution in [3.8, 4) is 0 Å². The van der Waals surface area contributed by atoms with Crippen LogP contribution in [0.5, 0.6) is 0 Å². The van der Waals surface area contributed by atoms with Gasteiger partial charge in [-0.3, -0.25) is 19.4 Å². The van der Waals surface area contributed by atoms with E-state index >= 15 is 0 Å². The molecule has 2 heterocycles. The number of carbonyl (C=O) groups is 3. The van der Waals surface area contributed by atoms with E-state index in [4.69, 9.17) is 15.2 Å². The largest absolute Gasteiger partial charge is 0.480 e. The molecule has 0 aliphatic carbocycles. The van der Waals surface area contributed by atoms with E-state index in [1.54, 1.807) is 12.1 Å². The number of nitrogens with zero attached hydrogens (tertiary/aromatic N) is 3. The maximum Gasteiger partial charge on any atom is 0.326 e. The van der Waals surface area contributed by atoms with Crippen molar-refractivity contribution in [1.29, 1.82) is 0 Å². The van der Waals surface area contributed by atoms with Gasteiger partial charge in [0.1, 0.15) is 11.8 Å². The van der Waals surface area contributed by atoms with E-state index in [-0.39, 0.29) is 60.9 Å². The molecule has 0 aliphatic heterocycles. The van der Waals surface area contributed by atoms with Gasteiger partial charge < -0.3 is 30.9 Å². The first-order chi connectivity index (χ1) is 18.8. The lowest BCUT2D eigenvalue weighted by Gasteiger charge is -2.14. The number of ether oxygens (including phenoxy) is 2. The second kappa shape index (κ2) is 14.5. The number of amides is 1. The van der Waals surface area contributed by atoms with Gasteiger partial charge in [-0.05, 0) is 37.6 Å². The number of anilines is 2. The van der Waals surface area contributed by atoms with Crippen molar-refractivity contribution in [2.75, 3.05) is 37.5 Å². The number of aliphatic carboxylic acids is 1. The molecule has 39 heavy (non-hydrogen) atoms. The summed E-state index contributed by atoms with van der Waals surface area (Å²) in [5.74, 6) is -2.00. The number of aromatic amines is 1. The highest BCUT2D eigenvalue weighted by molar-refractivity contribution is 5.97. The number of aromatic nitrogens is 4. The molecular formula is C25H31N7O7. The van der Waals surface area contributed by atoms with Crippen LogP contribution in [0, 0.1) is 0 Å². The lowest BCUT2D eigenvalue weighted by molar-refractivity contribution is -0.139. The first kappa shape index (κ1) is 29.1. The number of nitrogen functional groups attached to an aromatic ring is 1. The molecule has 14 heteroatoms. The molecule has 208 valence electrons. The van der Waals surface area contributed by atoms with E-state index in [0.29, 0.717) is 31.2 Å². The minimum atomic E-state index is -1.23. The number of ketones is 1. The van der Waals surface area contributed by atoms with Gasteiger partial charge in [0.2, 0.25) is 5.95 Å². The second-order valence-electron chi connectivity index (χ2n) is 8.42. The van der Waals surface area contributed by atoms with Crippen molar-refractivity contribution in [3.05, 3.63) is 52.1 Å². The number of nitrogens with two attached hydrogens (primary N) is 1. The average Bonchev–Trinajstić information content (AvgIpc) is 2.91. The van der Waals surface area contributed by atoms with Crippen LogP contribution in [-0.2, 0) is 25.6 Å². The molecule has 0 bridgehead atoms. The molecule has 0 fully saturated rings. The molecule has 1 aromatic carbocycles. The van der Waals surface area contributed by atoms with Crippen molar-refractivity contribution in [2.45, 2.75) is 38.8 Å². The van der Waals surface area contributed by atoms with Crippen LogP contribution in [0.25, 0.3) is 11.2 Å². The van der Waals surface area contributed by atoms with Crippen molar-refractivity contribution in [1.82, 2.24) is 25.3 Å². The number of rotatable bonds is 16. The third kappa shape index (κ3) is 9.12. The summed E-state index contributed by atoms with van der Waals surface area (Å²) in [7, 11) is 0. The smallest absolute Gasteiger partial charge is 0.326 e. The van der Waals surface area contributed by atoms with Gasteiger partial charge in [0.25, 0.3) is 11.5 Å². The maximum atomic E-state index is 12.6. The molecular weight excluding hydrogens is 510 g/mol. The van der Waals surface area contributed by atoms with E-state index < -0.39 is 23.5 Å². The molecule has 1 amide bonds. The Kier molecular flexibility index (Phi) is 10.8. The fraction of sp³-hybridized carbons (Fsp3) is 0.400. The highest BCUT2D eigenvalue weighted by Gasteiger charge is 2.21. The highest BCUT2D eigenvalue weighted by atomic mass is 16.5. The summed E-state index contributed by atoms with van der Waals surface area (Å²) in [5.41, 5.74) is 6.61. The Morgan fingerprint density at radius 2 is 1.82 bits per heavy atom. The second-order valence-corrected chi connectivity index (χ2v) is 8.42. The zero-order chi connectivity index (χ0) is 28.2. The summed E-state index contributed by atoms with van der Waals surface area (Å²) in [5, 5.41) is 15.0. The number of H-pyrrole nitrogens is 1. The molecule has 6 N–H and O–H groups in total. The van der Waals surface area contributed by atoms with Crippen molar-refractivity contribution in [2.24, 2.45) is 0 Å². The topological polar surface area (TPSA) is 212 Å². The number of carboxylic acid groups (broad SMARTS) is 1. The van der Waals surface area contributed by atoms with Crippen LogP contribution in [-0.4, -0.2) is 75.2 Å². The lowest BCUT2D eigenvalue weighted by Crippen LogP contribution is -2.41. The van der Waals surface area contributed by atoms with Gasteiger partial charge in [0.15, 0.2) is 11.2 Å². The van der Waals surface area contributed by atoms with Crippen molar-refractivity contribution in [3.63, 3.8) is 0 Å². The Labute approximate surface area is 223 Å². The third-order valence-electron chi connectivity index (χ3n) is 5.52. The number of hydrogen-bond acceptors (Lipinski definition) is 11. The number of carboxylic acids is 1. The summed E-state index contributed by atoms with van der Waals surface area (Å²) in [6.45, 7) is 3.77. The quantitative estimate of drug-likeness (QED) is 0.160. The third-order valence-corrected chi connectivity index (χ3v) is 5.52. The Hall–Kier alpha value is -4.43. The first-order valence-corrected chi connectivity index (χ1v) is 12.3. The zero-order valence-electron chi connectivity index (χ0n) is 21.4. The highest BCUT2D eigenvalue weighted by Crippen LogP contribution is 2.12. The number of fused-ring (bicyclic) bond motifs is 1. The monoisotopic (exact) mass is 541 g/mol. The Balaban J connectivity index is 1.47. The van der Waals surface area contributed by atoms with Gasteiger partial charge in [0.05, 0.1) is 38.3 Å². The number of nitrogens with one attached hydrogen (secondary N) is 3. The molecule has 1 unspecified atom stereocenters. The molecule has 3 aromatic rings. The summed E-state index contributed by atoms with van der Waals surface area (Å²) in [6, 6.07) is 5.14. The summed E-state index contributed by atoms with van der Waals surface area (Å²) < 4.78 is 10.4. The summed E-state index contributed by atoms with van der Waals surface area (Å²) in [4.78, 5) is 62.9. The fourth-order valence-electron chi connectivity index (χ4n) is 3.47. The van der Waals surface area contributed by atoms with Crippen LogP contribution in [0.2, 0.25) is 0 Å². The van der Waals surface area contributed by atoms with Gasteiger partial charge in [-0.25, -0.2) is 14.8 Å². The number of hydrogen-bond donors (Lipinski definition) is 5. The molecule has 3 rings (SSSR count). The molecule has 0 aliphatic rings. The normalized spacial score (nSPS) is 11.7. The molecule has 0 spiro atoms. The van der Waals surface area contributed by atoms with Crippen LogP contribution in [0.3, 0.4) is 0 Å². The minimum absolute atomic E-state index is 0.00189. The van der Waals surface area contributed by atoms with E-state index in [1.165, 1.54) is 18.3 Å². The Morgan fingerprint density at radius 3 is 2.54 bits per heavy atom. The van der Waals surface area contributed by atoms with Crippen LogP contribution in [0.15, 0.2) is 35.3 Å². The zero-order valence-corrected chi connectivity index (χ0v) is 21.4. The molecule has 1 atom stereocenters. The van der Waals surface area contributed by atoms with Gasteiger partial charge in [-0.15, -0.1) is 0 Å². The fourth-order valence-corrected chi connectivity index (χ4v) is 3.47. The molecule has 2 aromatic heterocycles. The van der Waals surface area contributed by atoms with Crippen molar-refractivity contribution >= 4 is 40.5 Å². The van der Waals surface area contributed by atoms with Crippen LogP contribution in [0.4, 0.5) is 11.6 Å². The number of carbonyl (C=O) groups excluding carboxylic acids is 2. The number of benzene rings is 1. The first-order valence-electron chi connectivity index (χ1n) is 12.3. The predicted molar refractivity (Wildman–Crippen MR) is 141 cm³/mol. The molecule has 0 saturated heterocycles. The standard InChI is InChI=1S/C25H31N7O7/c1-2-38-11-12-39-10-9-18(33)7-8-19(24(36)37)30-22(34)15-3-5-16(6-4-15)27-13-17-14-28-21-20(29-17)23(35)32-25(26)31-21/h3-6,14,19,27H,2,7-13H2,1H3,(H,30,34)(H,36,37)(H3,26,28,31,32,35). The van der Waals surface area contributed by atoms with Gasteiger partial charge in [0, 0.05) is 30.7 Å². The Bertz CT molecular complexity index is 1340. The average molecular weight is 542 g/mol. The Morgan fingerprint density at radius 1 is 1.08 bits per heavy atom. The molecule has 0 radical (unpaired) electrons. The molecule has 14 nitrogen and oxygen atoms in total. The number of Topliss-reactive ketones (excluding diaryl/α,β-unsaturated/α-hetero) is 1. The van der Waals surface area contributed by atoms with Crippen LogP contribution in [0.1, 0.15) is 42.2 Å². The van der Waals surface area contributed by atoms with Gasteiger partial charge >= 0.3 is 5.97 Å². The summed E-state index contributed by atoms with van der Waals surface area (Å²) >= 11 is 0. The minimum Gasteiger partial charge on any atom is -0.480 e. The van der Waals surface area contributed by atoms with E-state index in [1.807, 2.05) is 6.92 Å². The van der Waals surface area contributed by atoms with E-state index in [2.05, 4.69) is 30.6 Å². The van der Waals surface area contributed by atoms with Gasteiger partial charge in [-0.2, -0.15) is 4.98 Å². The van der Waals surface area contributed by atoms with E-state index in [0.717, 1.165) is 0 Å². The maximum absolute atomic E-state index is 12.6. The molecule has 0 saturated carbocycles. The predicted octanol–water partition coefficient (Wildman–Crippen LogP) is 0.883. The SMILES string of the molecule is CCOCCOCCC(=O)CCC(NC(=O)c1ccc(NCc2cnc3nc(N)[nH]c(=O)c3n2)cc1)C(=O)O. The van der Waals surface area contributed by atoms with Gasteiger partial charge in [-0.1, -0.05) is 0 Å². The van der Waals surface area contributed by atoms with Crippen molar-refractivity contribution < 1.29 is 29.0 Å². The van der Waals surface area contributed by atoms with E-state index in [9.17, 15) is 24.3 Å². The van der Waals surface area contributed by atoms with Crippen LogP contribution >= 0.6 is 0 Å². The van der Waals surface area contributed by atoms with Crippen LogP contribution < -0.4 is 21.9 Å². The lowest BCUT2D eigenvalue weighted by atomic mass is 10.1. The summed E-state index contributed by atoms with van der Waals surface area (Å²) in [6.07, 6.45) is 1.60.